The molecule has 9 heteroatoms. The van der Waals surface area contributed by atoms with Gasteiger partial charge in [0, 0.05) is 17.6 Å². The molecule has 0 aliphatic heterocycles. The first kappa shape index (κ1) is 22.0. The molecule has 2 amide bonds. The highest BCUT2D eigenvalue weighted by atomic mass is 35.5. The van der Waals surface area contributed by atoms with E-state index in [-0.39, 0.29) is 11.5 Å². The van der Waals surface area contributed by atoms with E-state index in [2.05, 4.69) is 15.5 Å². The van der Waals surface area contributed by atoms with E-state index in [4.69, 9.17) is 21.1 Å². The van der Waals surface area contributed by atoms with E-state index in [1.54, 1.807) is 42.6 Å². The van der Waals surface area contributed by atoms with Crippen molar-refractivity contribution in [2.24, 2.45) is 5.18 Å². The van der Waals surface area contributed by atoms with Gasteiger partial charge in [0.05, 0.1) is 20.4 Å². The molecular formula is C22H22ClN4O4+. The number of nitrogens with one attached hydrogen (secondary N) is 2. The Labute approximate surface area is 184 Å². The predicted molar refractivity (Wildman–Crippen MR) is 119 cm³/mol. The third-order valence-corrected chi connectivity index (χ3v) is 4.82. The maximum Gasteiger partial charge on any atom is 0.414 e. The first-order valence-electron chi connectivity index (χ1n) is 9.46. The summed E-state index contributed by atoms with van der Waals surface area (Å²) in [5, 5.41) is 6.57. The molecule has 2 N–H and O–H groups in total. The zero-order chi connectivity index (χ0) is 22.2. The van der Waals surface area contributed by atoms with Gasteiger partial charge in [0.15, 0.2) is 17.1 Å². The van der Waals surface area contributed by atoms with Gasteiger partial charge in [0.1, 0.15) is 5.75 Å². The van der Waals surface area contributed by atoms with Crippen LogP contribution >= 0.6 is 11.6 Å². The monoisotopic (exact) mass is 441 g/mol. The molecule has 1 aromatic heterocycles. The average molecular weight is 442 g/mol. The molecule has 0 bridgehead atoms. The lowest BCUT2D eigenvalue weighted by Crippen LogP contribution is -2.40. The van der Waals surface area contributed by atoms with Gasteiger partial charge in [-0.3, -0.25) is 0 Å². The highest BCUT2D eigenvalue weighted by Crippen LogP contribution is 2.38. The maximum atomic E-state index is 13.2. The van der Waals surface area contributed by atoms with E-state index >= 15 is 0 Å². The minimum absolute atomic E-state index is 0.0771. The van der Waals surface area contributed by atoms with E-state index < -0.39 is 6.03 Å². The number of halogens is 1. The third-order valence-electron chi connectivity index (χ3n) is 4.57. The number of amides is 2. The third kappa shape index (κ3) is 5.29. The standard InChI is InChI=1S/C22H21ClN4O4/c1-30-17-9-10-19(20(14-17)31-2)27(21-18(26-29)4-3-12-24-21)22(28)25-13-11-15-5-7-16(23)8-6-15/h3-10,12,14H,11,13H2,1-2H3,(H,25,28)/p+1. The fourth-order valence-corrected chi connectivity index (χ4v) is 3.14. The van der Waals surface area contributed by atoms with Crippen LogP contribution in [-0.2, 0) is 6.42 Å². The van der Waals surface area contributed by atoms with Crippen molar-refractivity contribution in [2.75, 3.05) is 25.7 Å². The summed E-state index contributed by atoms with van der Waals surface area (Å²) < 4.78 is 10.7. The molecule has 2 aromatic carbocycles. The molecule has 0 saturated carbocycles. The Hall–Kier alpha value is -3.65. The average Bonchev–Trinajstić information content (AvgIpc) is 2.81. The smallest absolute Gasteiger partial charge is 0.414 e. The number of hydrogen-bond acceptors (Lipinski definition) is 5. The normalized spacial score (nSPS) is 10.3. The van der Waals surface area contributed by atoms with Crippen LogP contribution in [0, 0.1) is 4.91 Å². The molecular weight excluding hydrogens is 420 g/mol. The minimum Gasteiger partial charge on any atom is -0.497 e. The molecule has 1 heterocycles. The Morgan fingerprint density at radius 2 is 1.90 bits per heavy atom. The van der Waals surface area contributed by atoms with Crippen molar-refractivity contribution in [3.05, 3.63) is 76.3 Å². The Morgan fingerprint density at radius 1 is 1.13 bits per heavy atom. The van der Waals surface area contributed by atoms with Gasteiger partial charge in [-0.05, 0) is 53.6 Å². The number of carbonyl (C=O) groups excluding carboxylic acids is 1. The second-order valence-corrected chi connectivity index (χ2v) is 6.91. The summed E-state index contributed by atoms with van der Waals surface area (Å²) in [7, 11) is 3.03. The number of aromatic amines is 1. The van der Waals surface area contributed by atoms with Gasteiger partial charge in [-0.15, -0.1) is 9.81 Å². The van der Waals surface area contributed by atoms with Gasteiger partial charge < -0.3 is 14.8 Å². The Bertz CT molecular complexity index is 1060. The molecule has 0 aliphatic rings. The molecule has 0 unspecified atom stereocenters. The molecule has 31 heavy (non-hydrogen) atoms. The van der Waals surface area contributed by atoms with Gasteiger partial charge in [0.25, 0.3) is 0 Å². The summed E-state index contributed by atoms with van der Waals surface area (Å²) in [5.41, 5.74) is 1.52. The number of rotatable bonds is 8. The van der Waals surface area contributed by atoms with Gasteiger partial charge in [-0.25, -0.2) is 9.78 Å². The van der Waals surface area contributed by atoms with Gasteiger partial charge >= 0.3 is 11.8 Å². The number of urea groups is 1. The summed E-state index contributed by atoms with van der Waals surface area (Å²) in [5.74, 6) is 1.17. The Morgan fingerprint density at radius 3 is 2.58 bits per heavy atom. The Kier molecular flexibility index (Phi) is 7.40. The summed E-state index contributed by atoms with van der Waals surface area (Å²) in [4.78, 5) is 28.8. The van der Waals surface area contributed by atoms with E-state index in [0.29, 0.717) is 35.2 Å². The second kappa shape index (κ2) is 10.4. The first-order valence-corrected chi connectivity index (χ1v) is 9.83. The van der Waals surface area contributed by atoms with Gasteiger partial charge in [0.2, 0.25) is 0 Å². The molecule has 0 fully saturated rings. The topological polar surface area (TPSA) is 94.4 Å². The predicted octanol–water partition coefficient (Wildman–Crippen LogP) is 4.66. The van der Waals surface area contributed by atoms with E-state index in [0.717, 1.165) is 5.56 Å². The SMILES string of the molecule is COc1ccc(N(C(=O)NCCc2ccc(Cl)cc2)c2[nH+]cccc2N=O)c(OC)c1. The highest BCUT2D eigenvalue weighted by Gasteiger charge is 2.33. The number of methoxy groups -OCH3 is 2. The highest BCUT2D eigenvalue weighted by molar-refractivity contribution is 6.30. The fourth-order valence-electron chi connectivity index (χ4n) is 3.02. The molecule has 0 atom stereocenters. The summed E-state index contributed by atoms with van der Waals surface area (Å²) in [6, 6.07) is 15.1. The minimum atomic E-state index is -0.454. The number of nitrogens with zero attached hydrogens (tertiary/aromatic N) is 2. The summed E-state index contributed by atoms with van der Waals surface area (Å²) >= 11 is 5.92. The van der Waals surface area contributed by atoms with Crippen LogP contribution in [0.25, 0.3) is 0 Å². The molecule has 0 spiro atoms. The second-order valence-electron chi connectivity index (χ2n) is 6.48. The van der Waals surface area contributed by atoms with Crippen LogP contribution in [0.3, 0.4) is 0 Å². The quantitative estimate of drug-likeness (QED) is 0.514. The van der Waals surface area contributed by atoms with Crippen LogP contribution in [-0.4, -0.2) is 26.8 Å². The number of pyridine rings is 1. The van der Waals surface area contributed by atoms with Crippen molar-refractivity contribution < 1.29 is 19.3 Å². The lowest BCUT2D eigenvalue weighted by molar-refractivity contribution is -0.361. The molecule has 0 saturated heterocycles. The van der Waals surface area contributed by atoms with Crippen molar-refractivity contribution >= 4 is 34.8 Å². The lowest BCUT2D eigenvalue weighted by Gasteiger charge is -2.18. The van der Waals surface area contributed by atoms with Crippen LogP contribution in [0.15, 0.2) is 66.0 Å². The lowest BCUT2D eigenvalue weighted by atomic mass is 10.1. The maximum absolute atomic E-state index is 13.2. The first-order chi connectivity index (χ1) is 15.1. The van der Waals surface area contributed by atoms with Crippen LogP contribution in [0.5, 0.6) is 11.5 Å². The largest absolute Gasteiger partial charge is 0.497 e. The molecule has 160 valence electrons. The zero-order valence-corrected chi connectivity index (χ0v) is 17.8. The van der Waals surface area contributed by atoms with Crippen LogP contribution < -0.4 is 24.7 Å². The fraction of sp³-hybridized carbons (Fsp3) is 0.182. The number of hydrogen-bond donors (Lipinski definition) is 1. The molecule has 0 radical (unpaired) electrons. The number of carbonyl (C=O) groups is 1. The zero-order valence-electron chi connectivity index (χ0n) is 17.1. The Balaban J connectivity index is 1.91. The van der Waals surface area contributed by atoms with E-state index in [1.165, 1.54) is 25.2 Å². The number of benzene rings is 2. The van der Waals surface area contributed by atoms with Crippen molar-refractivity contribution in [3.63, 3.8) is 0 Å². The van der Waals surface area contributed by atoms with Crippen molar-refractivity contribution in [1.82, 2.24) is 5.32 Å². The summed E-state index contributed by atoms with van der Waals surface area (Å²) in [6.07, 6.45) is 2.21. The van der Waals surface area contributed by atoms with Crippen LogP contribution in [0.4, 0.5) is 22.0 Å². The number of H-pyrrole nitrogens is 1. The summed E-state index contributed by atoms with van der Waals surface area (Å²) in [6.45, 7) is 0.367. The van der Waals surface area contributed by atoms with E-state index in [1.807, 2.05) is 12.1 Å². The number of anilines is 2. The molecule has 3 aromatic rings. The molecule has 0 aliphatic carbocycles. The number of aromatic nitrogens is 1. The number of nitroso groups, excluding NO2 is 1. The molecule has 8 nitrogen and oxygen atoms in total. The van der Waals surface area contributed by atoms with Crippen molar-refractivity contribution in [1.29, 1.82) is 0 Å². The van der Waals surface area contributed by atoms with Crippen LogP contribution in [0.2, 0.25) is 5.02 Å². The van der Waals surface area contributed by atoms with E-state index in [9.17, 15) is 9.70 Å². The van der Waals surface area contributed by atoms with Gasteiger partial charge in [-0.2, -0.15) is 0 Å². The van der Waals surface area contributed by atoms with Crippen molar-refractivity contribution in [3.8, 4) is 11.5 Å². The van der Waals surface area contributed by atoms with Crippen LogP contribution in [0.1, 0.15) is 5.56 Å². The number of ether oxygens (including phenoxy) is 2. The molecule has 3 rings (SSSR count). The van der Waals surface area contributed by atoms with Crippen molar-refractivity contribution in [2.45, 2.75) is 6.42 Å². The van der Waals surface area contributed by atoms with Gasteiger partial charge in [-0.1, -0.05) is 23.7 Å².